The highest BCUT2D eigenvalue weighted by atomic mass is 16.2. The molecular formula is C14H20N4O2. The number of aromatic nitrogens is 1. The Morgan fingerprint density at radius 1 is 1.55 bits per heavy atom. The molecule has 2 rings (SSSR count). The van der Waals surface area contributed by atoms with E-state index < -0.39 is 0 Å². The summed E-state index contributed by atoms with van der Waals surface area (Å²) in [6, 6.07) is 3.37. The summed E-state index contributed by atoms with van der Waals surface area (Å²) >= 11 is 0. The Bertz CT molecular complexity index is 516. The number of anilines is 1. The first kappa shape index (κ1) is 14.3. The highest BCUT2D eigenvalue weighted by molar-refractivity contribution is 5.95. The first-order valence-electron chi connectivity index (χ1n) is 6.92. The number of pyridine rings is 1. The van der Waals surface area contributed by atoms with Crippen LogP contribution in [0.4, 0.5) is 5.82 Å². The number of nitrogens with zero attached hydrogens (tertiary/aromatic N) is 1. The van der Waals surface area contributed by atoms with E-state index in [1.54, 1.807) is 12.1 Å². The molecule has 0 spiro atoms. The molecule has 1 fully saturated rings. The Hall–Kier alpha value is -2.11. The minimum absolute atomic E-state index is 0.0285. The number of carbonyl (C=O) groups is 2. The van der Waals surface area contributed by atoms with Crippen LogP contribution in [0, 0.1) is 0 Å². The van der Waals surface area contributed by atoms with Gasteiger partial charge in [-0.25, -0.2) is 4.98 Å². The van der Waals surface area contributed by atoms with E-state index in [0.29, 0.717) is 24.3 Å². The fraction of sp³-hybridized carbons (Fsp3) is 0.500. The number of nitrogens with two attached hydrogens (primary N) is 1. The standard InChI is InChI=1S/C14H20N4O2/c1-2-3-10-6-9(7-12(15)17-10)14(20)16-8-11-4-5-13(19)18-11/h6-7,11H,2-5,8H2,1H3,(H2,15,17)(H,16,20)(H,18,19). The summed E-state index contributed by atoms with van der Waals surface area (Å²) in [5.41, 5.74) is 7.06. The number of hydrogen-bond donors (Lipinski definition) is 3. The average Bonchev–Trinajstić information content (AvgIpc) is 2.81. The number of aryl methyl sites for hydroxylation is 1. The molecular weight excluding hydrogens is 256 g/mol. The summed E-state index contributed by atoms with van der Waals surface area (Å²) in [6.45, 7) is 2.49. The molecule has 20 heavy (non-hydrogen) atoms. The van der Waals surface area contributed by atoms with Crippen LogP contribution in [0.5, 0.6) is 0 Å². The van der Waals surface area contributed by atoms with Crippen LogP contribution in [0.1, 0.15) is 42.2 Å². The Balaban J connectivity index is 1.96. The predicted octanol–water partition coefficient (Wildman–Crippen LogP) is 0.625. The Labute approximate surface area is 118 Å². The van der Waals surface area contributed by atoms with Gasteiger partial charge in [0.05, 0.1) is 0 Å². The Morgan fingerprint density at radius 3 is 3.00 bits per heavy atom. The van der Waals surface area contributed by atoms with Crippen molar-refractivity contribution in [2.24, 2.45) is 0 Å². The molecule has 0 aromatic carbocycles. The van der Waals surface area contributed by atoms with Crippen LogP contribution in [0.25, 0.3) is 0 Å². The van der Waals surface area contributed by atoms with E-state index in [4.69, 9.17) is 5.73 Å². The summed E-state index contributed by atoms with van der Waals surface area (Å²) in [4.78, 5) is 27.4. The van der Waals surface area contributed by atoms with Crippen molar-refractivity contribution in [2.45, 2.75) is 38.6 Å². The van der Waals surface area contributed by atoms with Crippen molar-refractivity contribution in [1.29, 1.82) is 0 Å². The molecule has 0 saturated carbocycles. The SMILES string of the molecule is CCCc1cc(C(=O)NCC2CCC(=O)N2)cc(N)n1. The smallest absolute Gasteiger partial charge is 0.251 e. The van der Waals surface area contributed by atoms with E-state index in [9.17, 15) is 9.59 Å². The van der Waals surface area contributed by atoms with Gasteiger partial charge in [-0.2, -0.15) is 0 Å². The van der Waals surface area contributed by atoms with Crippen molar-refractivity contribution in [3.8, 4) is 0 Å². The number of rotatable bonds is 5. The third-order valence-corrected chi connectivity index (χ3v) is 3.26. The summed E-state index contributed by atoms with van der Waals surface area (Å²) in [7, 11) is 0. The molecule has 1 aliphatic rings. The van der Waals surface area contributed by atoms with Gasteiger partial charge >= 0.3 is 0 Å². The van der Waals surface area contributed by atoms with E-state index in [1.807, 2.05) is 6.92 Å². The monoisotopic (exact) mass is 276 g/mol. The largest absolute Gasteiger partial charge is 0.384 e. The molecule has 6 heteroatoms. The predicted molar refractivity (Wildman–Crippen MR) is 76.1 cm³/mol. The number of carbonyl (C=O) groups excluding carboxylic acids is 2. The molecule has 0 radical (unpaired) electrons. The van der Waals surface area contributed by atoms with E-state index >= 15 is 0 Å². The van der Waals surface area contributed by atoms with Gasteiger partial charge < -0.3 is 16.4 Å². The quantitative estimate of drug-likeness (QED) is 0.734. The second-order valence-electron chi connectivity index (χ2n) is 5.04. The molecule has 2 amide bonds. The molecule has 1 unspecified atom stereocenters. The highest BCUT2D eigenvalue weighted by Crippen LogP contribution is 2.10. The van der Waals surface area contributed by atoms with E-state index in [1.165, 1.54) is 0 Å². The fourth-order valence-electron chi connectivity index (χ4n) is 2.27. The zero-order valence-electron chi connectivity index (χ0n) is 11.6. The zero-order chi connectivity index (χ0) is 14.5. The fourth-order valence-corrected chi connectivity index (χ4v) is 2.27. The van der Waals surface area contributed by atoms with Gasteiger partial charge in [-0.3, -0.25) is 9.59 Å². The van der Waals surface area contributed by atoms with E-state index in [0.717, 1.165) is 25.0 Å². The lowest BCUT2D eigenvalue weighted by Gasteiger charge is -2.12. The molecule has 1 aromatic rings. The Kier molecular flexibility index (Phi) is 4.55. The molecule has 1 aromatic heterocycles. The first-order valence-corrected chi connectivity index (χ1v) is 6.92. The molecule has 2 heterocycles. The van der Waals surface area contributed by atoms with Crippen LogP contribution < -0.4 is 16.4 Å². The van der Waals surface area contributed by atoms with E-state index in [2.05, 4.69) is 15.6 Å². The molecule has 6 nitrogen and oxygen atoms in total. The summed E-state index contributed by atoms with van der Waals surface area (Å²) in [5.74, 6) is 0.218. The maximum Gasteiger partial charge on any atom is 0.251 e. The third-order valence-electron chi connectivity index (χ3n) is 3.26. The van der Waals surface area contributed by atoms with Gasteiger partial charge in [0.1, 0.15) is 5.82 Å². The summed E-state index contributed by atoms with van der Waals surface area (Å²) < 4.78 is 0. The van der Waals surface area contributed by atoms with Gasteiger partial charge in [0.25, 0.3) is 5.91 Å². The van der Waals surface area contributed by atoms with Gasteiger partial charge in [-0.15, -0.1) is 0 Å². The van der Waals surface area contributed by atoms with E-state index in [-0.39, 0.29) is 17.9 Å². The number of amides is 2. The molecule has 0 aliphatic carbocycles. The van der Waals surface area contributed by atoms with Crippen molar-refractivity contribution in [1.82, 2.24) is 15.6 Å². The zero-order valence-corrected chi connectivity index (χ0v) is 11.6. The second-order valence-corrected chi connectivity index (χ2v) is 5.04. The normalized spacial score (nSPS) is 17.9. The van der Waals surface area contributed by atoms with Crippen LogP contribution >= 0.6 is 0 Å². The molecule has 0 bridgehead atoms. The van der Waals surface area contributed by atoms with Crippen molar-refractivity contribution < 1.29 is 9.59 Å². The van der Waals surface area contributed by atoms with Crippen molar-refractivity contribution >= 4 is 17.6 Å². The maximum absolute atomic E-state index is 12.1. The van der Waals surface area contributed by atoms with Crippen molar-refractivity contribution in [3.05, 3.63) is 23.4 Å². The lowest BCUT2D eigenvalue weighted by atomic mass is 10.1. The van der Waals surface area contributed by atoms with Gasteiger partial charge in [-0.1, -0.05) is 13.3 Å². The van der Waals surface area contributed by atoms with Crippen LogP contribution in [-0.2, 0) is 11.2 Å². The van der Waals surface area contributed by atoms with Crippen molar-refractivity contribution in [3.63, 3.8) is 0 Å². The lowest BCUT2D eigenvalue weighted by Crippen LogP contribution is -2.38. The number of nitrogen functional groups attached to an aromatic ring is 1. The summed E-state index contributed by atoms with van der Waals surface area (Å²) in [6.07, 6.45) is 3.04. The van der Waals surface area contributed by atoms with Gasteiger partial charge in [0, 0.05) is 30.3 Å². The molecule has 1 saturated heterocycles. The number of hydrogen-bond acceptors (Lipinski definition) is 4. The molecule has 4 N–H and O–H groups in total. The maximum atomic E-state index is 12.1. The minimum atomic E-state index is -0.183. The summed E-state index contributed by atoms with van der Waals surface area (Å²) in [5, 5.41) is 5.63. The van der Waals surface area contributed by atoms with Crippen LogP contribution in [0.2, 0.25) is 0 Å². The molecule has 1 aliphatic heterocycles. The topological polar surface area (TPSA) is 97.1 Å². The number of nitrogens with one attached hydrogen (secondary N) is 2. The molecule has 1 atom stereocenters. The van der Waals surface area contributed by atoms with Crippen LogP contribution in [-0.4, -0.2) is 29.4 Å². The van der Waals surface area contributed by atoms with Gasteiger partial charge in [0.15, 0.2) is 0 Å². The van der Waals surface area contributed by atoms with Crippen LogP contribution in [0.3, 0.4) is 0 Å². The Morgan fingerprint density at radius 2 is 2.35 bits per heavy atom. The average molecular weight is 276 g/mol. The minimum Gasteiger partial charge on any atom is -0.384 e. The third kappa shape index (κ3) is 3.69. The second kappa shape index (κ2) is 6.36. The molecule has 108 valence electrons. The highest BCUT2D eigenvalue weighted by Gasteiger charge is 2.21. The van der Waals surface area contributed by atoms with Crippen molar-refractivity contribution in [2.75, 3.05) is 12.3 Å². The van der Waals surface area contributed by atoms with Crippen LogP contribution in [0.15, 0.2) is 12.1 Å². The van der Waals surface area contributed by atoms with Gasteiger partial charge in [0.2, 0.25) is 5.91 Å². The van der Waals surface area contributed by atoms with Gasteiger partial charge in [-0.05, 0) is 25.0 Å². The first-order chi connectivity index (χ1) is 9.58. The lowest BCUT2D eigenvalue weighted by molar-refractivity contribution is -0.119.